The number of carboxylic acids is 1. The third kappa shape index (κ3) is 7.30. The largest absolute Gasteiger partial charge is 0.490 e. The van der Waals surface area contributed by atoms with E-state index in [9.17, 15) is 18.0 Å². The fraction of sp³-hybridized carbons (Fsp3) is 0.778. The molecule has 29 heavy (non-hydrogen) atoms. The van der Waals surface area contributed by atoms with Crippen LogP contribution >= 0.6 is 0 Å². The van der Waals surface area contributed by atoms with Crippen molar-refractivity contribution >= 4 is 11.9 Å². The number of aryl methyl sites for hydroxylation is 1. The first-order valence-electron chi connectivity index (χ1n) is 9.93. The number of piperidine rings is 1. The second kappa shape index (κ2) is 10.6. The van der Waals surface area contributed by atoms with E-state index < -0.39 is 12.1 Å². The van der Waals surface area contributed by atoms with E-state index in [1.165, 1.54) is 12.8 Å². The van der Waals surface area contributed by atoms with Gasteiger partial charge in [-0.25, -0.2) is 9.78 Å². The highest BCUT2D eigenvalue weighted by molar-refractivity contribution is 5.76. The summed E-state index contributed by atoms with van der Waals surface area (Å²) in [5.74, 6) is -0.155. The van der Waals surface area contributed by atoms with Gasteiger partial charge in [-0.15, -0.1) is 0 Å². The quantitative estimate of drug-likeness (QED) is 0.675. The summed E-state index contributed by atoms with van der Waals surface area (Å²) >= 11 is 0. The molecule has 2 aliphatic rings. The lowest BCUT2D eigenvalue weighted by molar-refractivity contribution is -0.192. The number of H-pyrrole nitrogens is 1. The van der Waals surface area contributed by atoms with Gasteiger partial charge in [0.1, 0.15) is 5.82 Å². The molecule has 0 spiro atoms. The number of carbonyl (C=O) groups excluding carboxylic acids is 1. The molecule has 0 radical (unpaired) electrons. The Morgan fingerprint density at radius 3 is 2.38 bits per heavy atom. The molecule has 8 nitrogen and oxygen atoms in total. The number of alkyl halides is 3. The highest BCUT2D eigenvalue weighted by Gasteiger charge is 2.38. The second-order valence-corrected chi connectivity index (χ2v) is 7.28. The normalized spacial score (nSPS) is 20.3. The Kier molecular flexibility index (Phi) is 8.42. The van der Waals surface area contributed by atoms with E-state index in [-0.39, 0.29) is 0 Å². The van der Waals surface area contributed by atoms with Crippen molar-refractivity contribution in [3.63, 3.8) is 0 Å². The molecular formula is C18H28F3N5O3. The predicted octanol–water partition coefficient (Wildman–Crippen LogP) is 2.24. The van der Waals surface area contributed by atoms with E-state index in [2.05, 4.69) is 27.4 Å². The molecule has 3 heterocycles. The van der Waals surface area contributed by atoms with Crippen LogP contribution < -0.4 is 5.32 Å². The number of aromatic nitrogens is 3. The molecule has 1 amide bonds. The van der Waals surface area contributed by atoms with Crippen LogP contribution in [0.5, 0.6) is 0 Å². The van der Waals surface area contributed by atoms with E-state index in [4.69, 9.17) is 9.90 Å². The lowest BCUT2D eigenvalue weighted by atomic mass is 9.95. The van der Waals surface area contributed by atoms with E-state index in [0.29, 0.717) is 24.3 Å². The van der Waals surface area contributed by atoms with Gasteiger partial charge in [-0.1, -0.05) is 6.92 Å². The predicted molar refractivity (Wildman–Crippen MR) is 98.3 cm³/mol. The summed E-state index contributed by atoms with van der Waals surface area (Å²) in [6.45, 7) is 4.88. The van der Waals surface area contributed by atoms with Gasteiger partial charge >= 0.3 is 12.1 Å². The number of hydrogen-bond donors (Lipinski definition) is 3. The van der Waals surface area contributed by atoms with Gasteiger partial charge in [0.15, 0.2) is 5.82 Å². The second-order valence-electron chi connectivity index (χ2n) is 7.28. The third-order valence-corrected chi connectivity index (χ3v) is 5.21. The molecule has 2 fully saturated rings. The Morgan fingerprint density at radius 1 is 1.24 bits per heavy atom. The number of halogens is 3. The maximum atomic E-state index is 12.3. The Hall–Kier alpha value is -2.17. The monoisotopic (exact) mass is 419 g/mol. The van der Waals surface area contributed by atoms with Gasteiger partial charge < -0.3 is 15.3 Å². The zero-order chi connectivity index (χ0) is 21.4. The Labute approximate surface area is 167 Å². The SMILES string of the molecule is CCc1nc(C2CCN(C(=O)CCC3CCCN3)CC2)n[nH]1.O=C(O)C(F)(F)F. The number of carboxylic acid groups (broad SMARTS) is 1. The van der Waals surface area contributed by atoms with Crippen molar-refractivity contribution in [2.24, 2.45) is 0 Å². The van der Waals surface area contributed by atoms with Gasteiger partial charge in [0.25, 0.3) is 0 Å². The highest BCUT2D eigenvalue weighted by atomic mass is 19.4. The molecule has 1 aromatic rings. The zero-order valence-electron chi connectivity index (χ0n) is 16.5. The van der Waals surface area contributed by atoms with Crippen molar-refractivity contribution in [2.75, 3.05) is 19.6 Å². The summed E-state index contributed by atoms with van der Waals surface area (Å²) in [5, 5.41) is 17.9. The summed E-state index contributed by atoms with van der Waals surface area (Å²) in [6, 6.07) is 0.558. The minimum absolute atomic E-state index is 0.316. The Morgan fingerprint density at radius 2 is 1.90 bits per heavy atom. The van der Waals surface area contributed by atoms with Crippen LogP contribution in [0.3, 0.4) is 0 Å². The minimum Gasteiger partial charge on any atom is -0.475 e. The molecule has 0 aliphatic carbocycles. The van der Waals surface area contributed by atoms with Crippen molar-refractivity contribution in [2.45, 2.75) is 70.0 Å². The molecule has 1 atom stereocenters. The van der Waals surface area contributed by atoms with E-state index in [1.54, 1.807) is 0 Å². The van der Waals surface area contributed by atoms with Crippen LogP contribution in [-0.4, -0.2) is 68.9 Å². The molecule has 1 aromatic heterocycles. The highest BCUT2D eigenvalue weighted by Crippen LogP contribution is 2.26. The molecule has 3 rings (SSSR count). The van der Waals surface area contributed by atoms with Crippen LogP contribution in [-0.2, 0) is 16.0 Å². The first kappa shape index (κ1) is 23.1. The van der Waals surface area contributed by atoms with Crippen LogP contribution in [0.15, 0.2) is 0 Å². The van der Waals surface area contributed by atoms with Gasteiger partial charge in [0, 0.05) is 37.9 Å². The van der Waals surface area contributed by atoms with Gasteiger partial charge in [0.2, 0.25) is 5.91 Å². The topological polar surface area (TPSA) is 111 Å². The van der Waals surface area contributed by atoms with E-state index in [0.717, 1.165) is 57.0 Å². The molecule has 11 heteroatoms. The molecule has 3 N–H and O–H groups in total. The summed E-state index contributed by atoms with van der Waals surface area (Å²) in [4.78, 5) is 27.8. The average molecular weight is 419 g/mol. The standard InChI is InChI=1S/C16H27N5O.C2HF3O2/c1-2-14-18-16(20-19-14)12-7-10-21(11-8-12)15(22)6-5-13-4-3-9-17-13;3-2(4,5)1(6)7/h12-13,17H,2-11H2,1H3,(H,18,19,20);(H,6,7). The lowest BCUT2D eigenvalue weighted by Gasteiger charge is -2.31. The van der Waals surface area contributed by atoms with Crippen molar-refractivity contribution in [3.05, 3.63) is 11.6 Å². The average Bonchev–Trinajstić information content (AvgIpc) is 3.37. The van der Waals surface area contributed by atoms with Gasteiger partial charge in [0.05, 0.1) is 0 Å². The van der Waals surface area contributed by atoms with E-state index in [1.807, 2.05) is 4.90 Å². The fourth-order valence-corrected chi connectivity index (χ4v) is 3.50. The van der Waals surface area contributed by atoms with Gasteiger partial charge in [-0.05, 0) is 38.6 Å². The van der Waals surface area contributed by atoms with Crippen LogP contribution in [0.1, 0.15) is 63.0 Å². The molecule has 0 saturated carbocycles. The van der Waals surface area contributed by atoms with Crippen LogP contribution in [0.25, 0.3) is 0 Å². The van der Waals surface area contributed by atoms with Crippen LogP contribution in [0.2, 0.25) is 0 Å². The van der Waals surface area contributed by atoms with Crippen molar-refractivity contribution < 1.29 is 27.9 Å². The number of nitrogens with one attached hydrogen (secondary N) is 2. The number of rotatable bonds is 5. The van der Waals surface area contributed by atoms with Crippen LogP contribution in [0.4, 0.5) is 13.2 Å². The number of hydrogen-bond acceptors (Lipinski definition) is 5. The smallest absolute Gasteiger partial charge is 0.475 e. The summed E-state index contributed by atoms with van der Waals surface area (Å²) in [7, 11) is 0. The molecule has 2 aliphatic heterocycles. The van der Waals surface area contributed by atoms with Crippen molar-refractivity contribution in [3.8, 4) is 0 Å². The number of nitrogens with zero attached hydrogens (tertiary/aromatic N) is 3. The van der Waals surface area contributed by atoms with Gasteiger partial charge in [-0.2, -0.15) is 18.3 Å². The summed E-state index contributed by atoms with van der Waals surface area (Å²) < 4.78 is 31.7. The summed E-state index contributed by atoms with van der Waals surface area (Å²) in [6.07, 6.45) is 1.91. The van der Waals surface area contributed by atoms with Crippen molar-refractivity contribution in [1.29, 1.82) is 0 Å². The first-order chi connectivity index (χ1) is 13.7. The zero-order valence-corrected chi connectivity index (χ0v) is 16.5. The molecule has 0 bridgehead atoms. The van der Waals surface area contributed by atoms with Gasteiger partial charge in [-0.3, -0.25) is 9.89 Å². The lowest BCUT2D eigenvalue weighted by Crippen LogP contribution is -2.38. The van der Waals surface area contributed by atoms with Crippen LogP contribution in [0, 0.1) is 0 Å². The van der Waals surface area contributed by atoms with E-state index >= 15 is 0 Å². The third-order valence-electron chi connectivity index (χ3n) is 5.21. The molecule has 1 unspecified atom stereocenters. The maximum absolute atomic E-state index is 12.3. The number of likely N-dealkylation sites (tertiary alicyclic amines) is 1. The molecule has 0 aromatic carbocycles. The summed E-state index contributed by atoms with van der Waals surface area (Å²) in [5.41, 5.74) is 0. The number of carbonyl (C=O) groups is 2. The Bertz CT molecular complexity index is 666. The first-order valence-corrected chi connectivity index (χ1v) is 9.93. The maximum Gasteiger partial charge on any atom is 0.490 e. The number of aliphatic carboxylic acids is 1. The number of amides is 1. The fourth-order valence-electron chi connectivity index (χ4n) is 3.50. The molecule has 2 saturated heterocycles. The minimum atomic E-state index is -5.08. The molecule has 164 valence electrons. The Balaban J connectivity index is 0.000000370. The number of aromatic amines is 1. The molecular weight excluding hydrogens is 391 g/mol. The van der Waals surface area contributed by atoms with Crippen molar-refractivity contribution in [1.82, 2.24) is 25.4 Å².